The maximum Gasteiger partial charge on any atom is 0.251 e. The van der Waals surface area contributed by atoms with Crippen molar-refractivity contribution in [3.05, 3.63) is 75.8 Å². The molecule has 2 aromatic carbocycles. The van der Waals surface area contributed by atoms with Gasteiger partial charge in [-0.15, -0.1) is 0 Å². The summed E-state index contributed by atoms with van der Waals surface area (Å²) < 4.78 is 18.7. The van der Waals surface area contributed by atoms with E-state index in [4.69, 9.17) is 4.74 Å². The average molecular weight is 396 g/mol. The maximum absolute atomic E-state index is 13.6. The minimum absolute atomic E-state index is 0.0142. The Morgan fingerprint density at radius 1 is 1.10 bits per heavy atom. The van der Waals surface area contributed by atoms with E-state index in [-0.39, 0.29) is 36.4 Å². The molecule has 150 valence electrons. The molecule has 3 aromatic rings. The van der Waals surface area contributed by atoms with E-state index in [9.17, 15) is 18.8 Å². The molecule has 0 aliphatic rings. The van der Waals surface area contributed by atoms with Gasteiger partial charge in [0.1, 0.15) is 11.6 Å². The van der Waals surface area contributed by atoms with Crippen LogP contribution in [0.4, 0.5) is 4.39 Å². The van der Waals surface area contributed by atoms with E-state index in [0.717, 1.165) is 5.39 Å². The summed E-state index contributed by atoms with van der Waals surface area (Å²) in [7, 11) is 1.56. The number of amides is 1. The smallest absolute Gasteiger partial charge is 0.251 e. The second-order valence-electron chi connectivity index (χ2n) is 6.58. The number of benzene rings is 2. The second-order valence-corrected chi connectivity index (χ2v) is 6.58. The van der Waals surface area contributed by atoms with Crippen LogP contribution in [0.5, 0.6) is 5.75 Å². The van der Waals surface area contributed by atoms with Crippen molar-refractivity contribution < 1.29 is 18.7 Å². The predicted molar refractivity (Wildman–Crippen MR) is 108 cm³/mol. The summed E-state index contributed by atoms with van der Waals surface area (Å²) in [4.78, 5) is 39.0. The third-order valence-electron chi connectivity index (χ3n) is 4.60. The molecule has 2 N–H and O–H groups in total. The summed E-state index contributed by atoms with van der Waals surface area (Å²) in [6.45, 7) is 0.261. The van der Waals surface area contributed by atoms with Gasteiger partial charge in [-0.05, 0) is 42.1 Å². The number of fused-ring (bicyclic) bond motifs is 1. The summed E-state index contributed by atoms with van der Waals surface area (Å²) in [5, 5.41) is 3.55. The van der Waals surface area contributed by atoms with Crippen LogP contribution in [0.25, 0.3) is 10.9 Å². The molecule has 0 unspecified atom stereocenters. The molecule has 1 heterocycles. The number of carbonyl (C=O) groups excluding carboxylic acids is 2. The van der Waals surface area contributed by atoms with Gasteiger partial charge in [0, 0.05) is 31.0 Å². The van der Waals surface area contributed by atoms with E-state index < -0.39 is 11.6 Å². The molecule has 0 bridgehead atoms. The SMILES string of the molecule is COc1ccc2cc(CCNC(=O)CCC(=O)c3ccccc3F)c(=O)[nH]c2c1. The molecular weight excluding hydrogens is 375 g/mol. The summed E-state index contributed by atoms with van der Waals surface area (Å²) in [6, 6.07) is 12.9. The molecule has 1 amide bonds. The van der Waals surface area contributed by atoms with Crippen molar-refractivity contribution in [2.24, 2.45) is 0 Å². The van der Waals surface area contributed by atoms with Crippen LogP contribution in [0.1, 0.15) is 28.8 Å². The van der Waals surface area contributed by atoms with Crippen molar-refractivity contribution in [1.82, 2.24) is 10.3 Å². The largest absolute Gasteiger partial charge is 0.497 e. The minimum atomic E-state index is -0.592. The predicted octanol–water partition coefficient (Wildman–Crippen LogP) is 3.00. The fraction of sp³-hybridized carbons (Fsp3) is 0.227. The number of halogens is 1. The van der Waals surface area contributed by atoms with Crippen molar-refractivity contribution in [3.63, 3.8) is 0 Å². The molecule has 0 atom stereocenters. The van der Waals surface area contributed by atoms with Gasteiger partial charge >= 0.3 is 0 Å². The highest BCUT2D eigenvalue weighted by Gasteiger charge is 2.13. The van der Waals surface area contributed by atoms with Crippen molar-refractivity contribution in [3.8, 4) is 5.75 Å². The number of ketones is 1. The lowest BCUT2D eigenvalue weighted by Gasteiger charge is -2.07. The van der Waals surface area contributed by atoms with Gasteiger partial charge < -0.3 is 15.0 Å². The fourth-order valence-corrected chi connectivity index (χ4v) is 3.01. The number of pyridine rings is 1. The Bertz CT molecular complexity index is 1110. The number of rotatable bonds is 8. The Morgan fingerprint density at radius 2 is 1.90 bits per heavy atom. The van der Waals surface area contributed by atoms with E-state index in [0.29, 0.717) is 23.3 Å². The van der Waals surface area contributed by atoms with E-state index in [1.807, 2.05) is 6.07 Å². The number of ether oxygens (including phenoxy) is 1. The second kappa shape index (κ2) is 9.14. The first-order chi connectivity index (χ1) is 14.0. The Morgan fingerprint density at radius 3 is 2.66 bits per heavy atom. The van der Waals surface area contributed by atoms with Crippen LogP contribution in [0.2, 0.25) is 0 Å². The molecule has 0 saturated heterocycles. The lowest BCUT2D eigenvalue weighted by molar-refractivity contribution is -0.121. The number of methoxy groups -OCH3 is 1. The third-order valence-corrected chi connectivity index (χ3v) is 4.60. The standard InChI is InChI=1S/C22H21FN2O4/c1-29-16-7-6-14-12-15(22(28)25-19(14)13-16)10-11-24-21(27)9-8-20(26)17-4-2-3-5-18(17)23/h2-7,12-13H,8-11H2,1H3,(H,24,27)(H,25,28). The molecule has 0 aliphatic heterocycles. The first-order valence-electron chi connectivity index (χ1n) is 9.22. The molecular formula is C22H21FN2O4. The number of carbonyl (C=O) groups is 2. The molecule has 1 aromatic heterocycles. The van der Waals surface area contributed by atoms with Crippen LogP contribution in [0, 0.1) is 5.82 Å². The van der Waals surface area contributed by atoms with Gasteiger partial charge in [-0.3, -0.25) is 14.4 Å². The van der Waals surface area contributed by atoms with Crippen LogP contribution in [0.3, 0.4) is 0 Å². The Balaban J connectivity index is 1.52. The monoisotopic (exact) mass is 396 g/mol. The highest BCUT2D eigenvalue weighted by atomic mass is 19.1. The van der Waals surface area contributed by atoms with E-state index in [1.54, 1.807) is 31.4 Å². The molecule has 3 rings (SSSR count). The van der Waals surface area contributed by atoms with Crippen LogP contribution in [-0.4, -0.2) is 30.3 Å². The normalized spacial score (nSPS) is 10.7. The first kappa shape index (κ1) is 20.3. The average Bonchev–Trinajstić information content (AvgIpc) is 2.72. The van der Waals surface area contributed by atoms with Crippen molar-refractivity contribution in [2.75, 3.05) is 13.7 Å². The highest BCUT2D eigenvalue weighted by molar-refractivity contribution is 5.98. The van der Waals surface area contributed by atoms with E-state index >= 15 is 0 Å². The lowest BCUT2D eigenvalue weighted by atomic mass is 10.1. The summed E-state index contributed by atoms with van der Waals surface area (Å²) in [6.07, 6.45) is 0.233. The number of aromatic nitrogens is 1. The van der Waals surface area contributed by atoms with E-state index in [1.165, 1.54) is 18.2 Å². The summed E-state index contributed by atoms with van der Waals surface area (Å²) in [5.74, 6) is -0.680. The molecule has 29 heavy (non-hydrogen) atoms. The number of hydrogen-bond acceptors (Lipinski definition) is 4. The Hall–Kier alpha value is -3.48. The third kappa shape index (κ3) is 5.07. The zero-order valence-electron chi connectivity index (χ0n) is 16.0. The molecule has 7 heteroatoms. The fourth-order valence-electron chi connectivity index (χ4n) is 3.01. The number of nitrogens with one attached hydrogen (secondary N) is 2. The van der Waals surface area contributed by atoms with Crippen molar-refractivity contribution >= 4 is 22.6 Å². The Kier molecular flexibility index (Phi) is 6.39. The number of hydrogen-bond donors (Lipinski definition) is 2. The van der Waals surface area contributed by atoms with E-state index in [2.05, 4.69) is 10.3 Å². The van der Waals surface area contributed by atoms with Crippen LogP contribution >= 0.6 is 0 Å². The highest BCUT2D eigenvalue weighted by Crippen LogP contribution is 2.18. The molecule has 0 fully saturated rings. The minimum Gasteiger partial charge on any atom is -0.497 e. The Labute approximate surface area is 166 Å². The maximum atomic E-state index is 13.6. The first-order valence-corrected chi connectivity index (χ1v) is 9.22. The van der Waals surface area contributed by atoms with Gasteiger partial charge in [0.15, 0.2) is 5.78 Å². The molecule has 0 aliphatic carbocycles. The summed E-state index contributed by atoms with van der Waals surface area (Å²) in [5.41, 5.74) is 0.980. The van der Waals surface area contributed by atoms with Gasteiger partial charge in [-0.1, -0.05) is 12.1 Å². The van der Waals surface area contributed by atoms with Crippen LogP contribution in [0.15, 0.2) is 53.3 Å². The lowest BCUT2D eigenvalue weighted by Crippen LogP contribution is -2.27. The zero-order valence-corrected chi connectivity index (χ0v) is 16.0. The van der Waals surface area contributed by atoms with Crippen molar-refractivity contribution in [2.45, 2.75) is 19.3 Å². The topological polar surface area (TPSA) is 88.3 Å². The number of aromatic amines is 1. The van der Waals surface area contributed by atoms with Crippen molar-refractivity contribution in [1.29, 1.82) is 0 Å². The molecule has 0 saturated carbocycles. The van der Waals surface area contributed by atoms with Gasteiger partial charge in [-0.25, -0.2) is 4.39 Å². The number of Topliss-reactive ketones (excluding diaryl/α,β-unsaturated/α-hetero) is 1. The van der Waals surface area contributed by atoms with Gasteiger partial charge in [0.05, 0.1) is 18.2 Å². The molecule has 0 spiro atoms. The summed E-state index contributed by atoms with van der Waals surface area (Å²) >= 11 is 0. The number of H-pyrrole nitrogens is 1. The van der Waals surface area contributed by atoms with Gasteiger partial charge in [-0.2, -0.15) is 0 Å². The van der Waals surface area contributed by atoms with Gasteiger partial charge in [0.25, 0.3) is 5.56 Å². The molecule has 6 nitrogen and oxygen atoms in total. The zero-order chi connectivity index (χ0) is 20.8. The van der Waals surface area contributed by atoms with Crippen LogP contribution < -0.4 is 15.6 Å². The quantitative estimate of drug-likeness (QED) is 0.573. The van der Waals surface area contributed by atoms with Crippen LogP contribution in [-0.2, 0) is 11.2 Å². The molecule has 0 radical (unpaired) electrons. The van der Waals surface area contributed by atoms with Gasteiger partial charge in [0.2, 0.25) is 5.91 Å².